The van der Waals surface area contributed by atoms with Crippen LogP contribution in [0.25, 0.3) is 5.52 Å². The Balaban J connectivity index is 2.86. The number of aromatic nitrogens is 1. The van der Waals surface area contributed by atoms with E-state index >= 15 is 0 Å². The molecule has 2 heteroatoms. The predicted octanol–water partition coefficient (Wildman–Crippen LogP) is 1.64. The van der Waals surface area contributed by atoms with E-state index in [-0.39, 0.29) is 0 Å². The third kappa shape index (κ3) is 0.658. The first-order chi connectivity index (χ1) is 4.86. The van der Waals surface area contributed by atoms with Crippen LogP contribution in [0, 0.1) is 0 Å². The zero-order valence-corrected chi connectivity index (χ0v) is 5.36. The van der Waals surface area contributed by atoms with Crippen LogP contribution in [0.3, 0.4) is 0 Å². The maximum atomic E-state index is 9.04. The molecule has 0 amide bonds. The first-order valence-electron chi connectivity index (χ1n) is 3.12. The molecule has 1 N–H and O–H groups in total. The van der Waals surface area contributed by atoms with Crippen molar-refractivity contribution in [3.63, 3.8) is 0 Å². The highest BCUT2D eigenvalue weighted by molar-refractivity contribution is 5.50. The third-order valence-corrected chi connectivity index (χ3v) is 1.51. The molecular weight excluding hydrogens is 126 g/mol. The fraction of sp³-hybridized carbons (Fsp3) is 0. The summed E-state index contributed by atoms with van der Waals surface area (Å²) < 4.78 is 1.94. The standard InChI is InChI=1S/C8H7NO/c10-8-3-5-9-4-1-2-7(9)6-8/h1-6,10H. The Morgan fingerprint density at radius 3 is 3.00 bits per heavy atom. The highest BCUT2D eigenvalue weighted by Crippen LogP contribution is 2.12. The van der Waals surface area contributed by atoms with Crippen molar-refractivity contribution in [2.45, 2.75) is 0 Å². The molecule has 2 nitrogen and oxygen atoms in total. The van der Waals surface area contributed by atoms with E-state index in [1.54, 1.807) is 12.1 Å². The number of nitrogens with zero attached hydrogens (tertiary/aromatic N) is 1. The molecule has 2 aromatic heterocycles. The molecule has 0 saturated heterocycles. The van der Waals surface area contributed by atoms with Crippen LogP contribution in [0.15, 0.2) is 36.7 Å². The molecule has 0 fully saturated rings. The monoisotopic (exact) mass is 133 g/mol. The second-order valence-corrected chi connectivity index (χ2v) is 2.23. The third-order valence-electron chi connectivity index (χ3n) is 1.51. The Morgan fingerprint density at radius 1 is 1.20 bits per heavy atom. The summed E-state index contributed by atoms with van der Waals surface area (Å²) >= 11 is 0. The first kappa shape index (κ1) is 5.35. The fourth-order valence-corrected chi connectivity index (χ4v) is 1.02. The van der Waals surface area contributed by atoms with Gasteiger partial charge in [-0.05, 0) is 18.2 Å². The van der Waals surface area contributed by atoms with Crippen LogP contribution in [0.5, 0.6) is 5.75 Å². The molecule has 2 rings (SSSR count). The molecule has 0 radical (unpaired) electrons. The number of pyridine rings is 1. The molecular formula is C8H7NO. The van der Waals surface area contributed by atoms with Gasteiger partial charge >= 0.3 is 0 Å². The zero-order valence-electron chi connectivity index (χ0n) is 5.36. The summed E-state index contributed by atoms with van der Waals surface area (Å²) in [5, 5.41) is 9.04. The maximum absolute atomic E-state index is 9.04. The molecule has 0 aliphatic rings. The van der Waals surface area contributed by atoms with Gasteiger partial charge in [0.15, 0.2) is 0 Å². The minimum Gasteiger partial charge on any atom is -0.508 e. The van der Waals surface area contributed by atoms with Crippen molar-refractivity contribution < 1.29 is 5.11 Å². The maximum Gasteiger partial charge on any atom is 0.119 e. The summed E-state index contributed by atoms with van der Waals surface area (Å²) in [4.78, 5) is 0. The Labute approximate surface area is 58.3 Å². The van der Waals surface area contributed by atoms with Crippen LogP contribution >= 0.6 is 0 Å². The number of hydrogen-bond acceptors (Lipinski definition) is 1. The highest BCUT2D eigenvalue weighted by atomic mass is 16.3. The quantitative estimate of drug-likeness (QED) is 0.580. The molecule has 0 atom stereocenters. The fourth-order valence-electron chi connectivity index (χ4n) is 1.02. The van der Waals surface area contributed by atoms with Crippen LogP contribution in [0.2, 0.25) is 0 Å². The second-order valence-electron chi connectivity index (χ2n) is 2.23. The highest BCUT2D eigenvalue weighted by Gasteiger charge is 1.90. The van der Waals surface area contributed by atoms with Crippen molar-refractivity contribution in [1.82, 2.24) is 4.40 Å². The van der Waals surface area contributed by atoms with Crippen molar-refractivity contribution in [2.75, 3.05) is 0 Å². The smallest absolute Gasteiger partial charge is 0.119 e. The average Bonchev–Trinajstić information content (AvgIpc) is 2.33. The van der Waals surface area contributed by atoms with E-state index in [4.69, 9.17) is 5.11 Å². The van der Waals surface area contributed by atoms with Gasteiger partial charge in [0.05, 0.1) is 0 Å². The van der Waals surface area contributed by atoms with E-state index in [1.165, 1.54) is 0 Å². The average molecular weight is 133 g/mol. The number of hydrogen-bond donors (Lipinski definition) is 1. The lowest BCUT2D eigenvalue weighted by Gasteiger charge is -1.93. The molecule has 0 aliphatic heterocycles. The number of aromatic hydroxyl groups is 1. The largest absolute Gasteiger partial charge is 0.508 e. The van der Waals surface area contributed by atoms with E-state index < -0.39 is 0 Å². The van der Waals surface area contributed by atoms with Gasteiger partial charge in [-0.3, -0.25) is 0 Å². The van der Waals surface area contributed by atoms with Crippen molar-refractivity contribution in [2.24, 2.45) is 0 Å². The lowest BCUT2D eigenvalue weighted by molar-refractivity contribution is 0.475. The molecule has 0 bridgehead atoms. The van der Waals surface area contributed by atoms with Crippen LogP contribution in [0.1, 0.15) is 0 Å². The van der Waals surface area contributed by atoms with Gasteiger partial charge < -0.3 is 9.51 Å². The lowest BCUT2D eigenvalue weighted by atomic mass is 10.4. The van der Waals surface area contributed by atoms with Gasteiger partial charge in [-0.1, -0.05) is 0 Å². The molecule has 2 aromatic rings. The van der Waals surface area contributed by atoms with E-state index in [0.717, 1.165) is 5.52 Å². The van der Waals surface area contributed by atoms with E-state index in [1.807, 2.05) is 28.9 Å². The molecule has 0 spiro atoms. The van der Waals surface area contributed by atoms with Crippen molar-refractivity contribution in [3.05, 3.63) is 36.7 Å². The van der Waals surface area contributed by atoms with Gasteiger partial charge in [0.1, 0.15) is 5.75 Å². The number of rotatable bonds is 0. The lowest BCUT2D eigenvalue weighted by Crippen LogP contribution is -1.77. The van der Waals surface area contributed by atoms with Gasteiger partial charge in [-0.25, -0.2) is 0 Å². The molecule has 0 saturated carbocycles. The van der Waals surface area contributed by atoms with Crippen molar-refractivity contribution >= 4 is 5.52 Å². The normalized spacial score (nSPS) is 10.4. The predicted molar refractivity (Wildman–Crippen MR) is 39.1 cm³/mol. The van der Waals surface area contributed by atoms with E-state index in [0.29, 0.717) is 5.75 Å². The summed E-state index contributed by atoms with van der Waals surface area (Å²) in [7, 11) is 0. The van der Waals surface area contributed by atoms with E-state index in [2.05, 4.69) is 0 Å². The molecule has 0 aliphatic carbocycles. The van der Waals surface area contributed by atoms with Crippen LogP contribution in [-0.4, -0.2) is 9.51 Å². The summed E-state index contributed by atoms with van der Waals surface area (Å²) in [5.74, 6) is 0.311. The Morgan fingerprint density at radius 2 is 2.10 bits per heavy atom. The topological polar surface area (TPSA) is 24.6 Å². The summed E-state index contributed by atoms with van der Waals surface area (Å²) in [6.07, 6.45) is 3.76. The summed E-state index contributed by atoms with van der Waals surface area (Å²) in [6.45, 7) is 0. The van der Waals surface area contributed by atoms with Gasteiger partial charge in [0, 0.05) is 24.0 Å². The van der Waals surface area contributed by atoms with Gasteiger partial charge in [-0.15, -0.1) is 0 Å². The Kier molecular flexibility index (Phi) is 0.947. The second kappa shape index (κ2) is 1.77. The minimum absolute atomic E-state index is 0.311. The first-order valence-corrected chi connectivity index (χ1v) is 3.12. The SMILES string of the molecule is Oc1ccn2cccc2c1. The molecule has 10 heavy (non-hydrogen) atoms. The molecule has 0 unspecified atom stereocenters. The molecule has 2 heterocycles. The summed E-state index contributed by atoms with van der Waals surface area (Å²) in [6, 6.07) is 7.27. The van der Waals surface area contributed by atoms with E-state index in [9.17, 15) is 0 Å². The molecule has 50 valence electrons. The van der Waals surface area contributed by atoms with Gasteiger partial charge in [0.2, 0.25) is 0 Å². The van der Waals surface area contributed by atoms with Gasteiger partial charge in [-0.2, -0.15) is 0 Å². The van der Waals surface area contributed by atoms with Crippen LogP contribution in [0.4, 0.5) is 0 Å². The molecule has 0 aromatic carbocycles. The zero-order chi connectivity index (χ0) is 6.97. The van der Waals surface area contributed by atoms with Crippen molar-refractivity contribution in [1.29, 1.82) is 0 Å². The van der Waals surface area contributed by atoms with Crippen LogP contribution < -0.4 is 0 Å². The van der Waals surface area contributed by atoms with Crippen molar-refractivity contribution in [3.8, 4) is 5.75 Å². The number of fused-ring (bicyclic) bond motifs is 1. The minimum atomic E-state index is 0.311. The Hall–Kier alpha value is -1.44. The summed E-state index contributed by atoms with van der Waals surface area (Å²) in [5.41, 5.74) is 1.01. The van der Waals surface area contributed by atoms with Crippen LogP contribution in [-0.2, 0) is 0 Å². The van der Waals surface area contributed by atoms with Gasteiger partial charge in [0.25, 0.3) is 0 Å². The Bertz CT molecular complexity index is 351.